The number of hydrogen-bond acceptors (Lipinski definition) is 3. The molecule has 27 heavy (non-hydrogen) atoms. The molecule has 1 aliphatic heterocycles. The number of carbonyl (C=O) groups excluding carboxylic acids is 2. The van der Waals surface area contributed by atoms with Gasteiger partial charge in [-0.15, -0.1) is 12.4 Å². The lowest BCUT2D eigenvalue weighted by atomic mass is 10.1. The highest BCUT2D eigenvalue weighted by Gasteiger charge is 2.31. The van der Waals surface area contributed by atoms with E-state index < -0.39 is 6.04 Å². The number of carbonyl (C=O) groups is 2. The van der Waals surface area contributed by atoms with Crippen LogP contribution in [0.4, 0.5) is 5.69 Å². The molecular formula is C21H26ClN3O2. The van der Waals surface area contributed by atoms with E-state index >= 15 is 0 Å². The van der Waals surface area contributed by atoms with Gasteiger partial charge in [-0.2, -0.15) is 0 Å². The Hall–Kier alpha value is -2.37. The first-order chi connectivity index (χ1) is 12.6. The molecule has 0 radical (unpaired) electrons. The quantitative estimate of drug-likeness (QED) is 0.829. The van der Waals surface area contributed by atoms with E-state index in [1.165, 1.54) is 0 Å². The zero-order valence-electron chi connectivity index (χ0n) is 15.6. The van der Waals surface area contributed by atoms with Gasteiger partial charge in [-0.1, -0.05) is 48.5 Å². The van der Waals surface area contributed by atoms with E-state index in [1.807, 2.05) is 48.5 Å². The van der Waals surface area contributed by atoms with Crippen molar-refractivity contribution < 1.29 is 9.59 Å². The largest absolute Gasteiger partial charge is 0.343 e. The highest BCUT2D eigenvalue weighted by Crippen LogP contribution is 2.28. The SMILES string of the molecule is CN[C@@H](C)C(=O)N[C@H]1CCc2ccccc2N(Cc2ccccc2)C1=O.Cl. The van der Waals surface area contributed by atoms with Crippen molar-refractivity contribution in [1.29, 1.82) is 0 Å². The molecule has 2 amide bonds. The molecule has 1 aliphatic rings. The number of rotatable bonds is 5. The Kier molecular flexibility index (Phi) is 7.39. The van der Waals surface area contributed by atoms with Crippen molar-refractivity contribution in [1.82, 2.24) is 10.6 Å². The van der Waals surface area contributed by atoms with Crippen molar-refractivity contribution in [3.63, 3.8) is 0 Å². The van der Waals surface area contributed by atoms with E-state index in [-0.39, 0.29) is 30.3 Å². The highest BCUT2D eigenvalue weighted by molar-refractivity contribution is 6.00. The number of likely N-dealkylation sites (N-methyl/N-ethyl adjacent to an activating group) is 1. The summed E-state index contributed by atoms with van der Waals surface area (Å²) in [6.07, 6.45) is 1.36. The molecule has 2 aromatic carbocycles. The Balaban J connectivity index is 0.00000261. The molecule has 0 fully saturated rings. The van der Waals surface area contributed by atoms with Crippen LogP contribution < -0.4 is 15.5 Å². The minimum absolute atomic E-state index is 0. The van der Waals surface area contributed by atoms with Crippen molar-refractivity contribution in [3.05, 3.63) is 65.7 Å². The highest BCUT2D eigenvalue weighted by atomic mass is 35.5. The monoisotopic (exact) mass is 387 g/mol. The molecule has 144 valence electrons. The number of nitrogens with zero attached hydrogens (tertiary/aromatic N) is 1. The fourth-order valence-corrected chi connectivity index (χ4v) is 3.21. The van der Waals surface area contributed by atoms with Crippen LogP contribution in [0.1, 0.15) is 24.5 Å². The van der Waals surface area contributed by atoms with Crippen LogP contribution in [0, 0.1) is 0 Å². The molecule has 0 spiro atoms. The number of para-hydroxylation sites is 1. The summed E-state index contributed by atoms with van der Waals surface area (Å²) in [6.45, 7) is 2.28. The van der Waals surface area contributed by atoms with Crippen LogP contribution >= 0.6 is 12.4 Å². The van der Waals surface area contributed by atoms with Crippen LogP contribution in [-0.2, 0) is 22.6 Å². The second-order valence-corrected chi connectivity index (χ2v) is 6.65. The number of anilines is 1. The standard InChI is InChI=1S/C21H25N3O2.ClH/c1-15(22-2)20(25)23-18-13-12-17-10-6-7-11-19(17)24(21(18)26)14-16-8-4-3-5-9-16;/h3-11,15,18,22H,12-14H2,1-2H3,(H,23,25);1H/t15-,18-;/m0./s1. The fraction of sp³-hybridized carbons (Fsp3) is 0.333. The fourth-order valence-electron chi connectivity index (χ4n) is 3.21. The van der Waals surface area contributed by atoms with Crippen molar-refractivity contribution in [3.8, 4) is 0 Å². The first-order valence-corrected chi connectivity index (χ1v) is 9.01. The minimum Gasteiger partial charge on any atom is -0.343 e. The first-order valence-electron chi connectivity index (χ1n) is 9.01. The third-order valence-electron chi connectivity index (χ3n) is 4.88. The first kappa shape index (κ1) is 20.9. The van der Waals surface area contributed by atoms with Gasteiger partial charge >= 0.3 is 0 Å². The maximum Gasteiger partial charge on any atom is 0.249 e. The van der Waals surface area contributed by atoms with Crippen molar-refractivity contribution in [2.24, 2.45) is 0 Å². The van der Waals surface area contributed by atoms with E-state index in [0.717, 1.165) is 23.2 Å². The molecule has 3 rings (SSSR count). The van der Waals surface area contributed by atoms with Gasteiger partial charge in [0.05, 0.1) is 12.6 Å². The predicted molar refractivity (Wildman–Crippen MR) is 110 cm³/mol. The Morgan fingerprint density at radius 3 is 2.52 bits per heavy atom. The Labute approximate surface area is 166 Å². The van der Waals surface area contributed by atoms with Gasteiger partial charge in [-0.05, 0) is 44.0 Å². The van der Waals surface area contributed by atoms with Gasteiger partial charge in [-0.3, -0.25) is 9.59 Å². The normalized spacial score (nSPS) is 17.3. The molecule has 0 unspecified atom stereocenters. The maximum absolute atomic E-state index is 13.2. The van der Waals surface area contributed by atoms with Crippen LogP contribution in [0.5, 0.6) is 0 Å². The Bertz CT molecular complexity index is 782. The van der Waals surface area contributed by atoms with Gasteiger partial charge in [0.2, 0.25) is 11.8 Å². The summed E-state index contributed by atoms with van der Waals surface area (Å²) in [5, 5.41) is 5.83. The van der Waals surface area contributed by atoms with Crippen LogP contribution in [-0.4, -0.2) is 30.9 Å². The van der Waals surface area contributed by atoms with Crippen LogP contribution in [0.2, 0.25) is 0 Å². The van der Waals surface area contributed by atoms with Crippen molar-refractivity contribution in [2.45, 2.75) is 38.4 Å². The van der Waals surface area contributed by atoms with E-state index in [0.29, 0.717) is 13.0 Å². The van der Waals surface area contributed by atoms with Crippen molar-refractivity contribution >= 4 is 29.9 Å². The van der Waals surface area contributed by atoms with Gasteiger partial charge in [0.15, 0.2) is 0 Å². The second-order valence-electron chi connectivity index (χ2n) is 6.65. The summed E-state index contributed by atoms with van der Waals surface area (Å²) in [7, 11) is 1.73. The minimum atomic E-state index is -0.519. The van der Waals surface area contributed by atoms with Crippen molar-refractivity contribution in [2.75, 3.05) is 11.9 Å². The molecule has 0 bridgehead atoms. The molecule has 1 heterocycles. The maximum atomic E-state index is 13.2. The number of aryl methyl sites for hydroxylation is 1. The molecule has 0 aliphatic carbocycles. The van der Waals surface area contributed by atoms with E-state index in [2.05, 4.69) is 16.7 Å². The van der Waals surface area contributed by atoms with Crippen LogP contribution in [0.25, 0.3) is 0 Å². The van der Waals surface area contributed by atoms with E-state index in [1.54, 1.807) is 18.9 Å². The zero-order valence-corrected chi connectivity index (χ0v) is 16.5. The number of halogens is 1. The summed E-state index contributed by atoms with van der Waals surface area (Å²) in [6, 6.07) is 17.0. The summed E-state index contributed by atoms with van der Waals surface area (Å²) >= 11 is 0. The number of fused-ring (bicyclic) bond motifs is 1. The van der Waals surface area contributed by atoms with Gasteiger partial charge in [0.25, 0.3) is 0 Å². The average molecular weight is 388 g/mol. The molecule has 0 aromatic heterocycles. The molecule has 2 aromatic rings. The molecule has 0 saturated carbocycles. The Morgan fingerprint density at radius 2 is 1.81 bits per heavy atom. The molecule has 0 saturated heterocycles. The molecule has 2 atom stereocenters. The van der Waals surface area contributed by atoms with Gasteiger partial charge in [-0.25, -0.2) is 0 Å². The smallest absolute Gasteiger partial charge is 0.249 e. The van der Waals surface area contributed by atoms with Crippen LogP contribution in [0.15, 0.2) is 54.6 Å². The third-order valence-corrected chi connectivity index (χ3v) is 4.88. The number of benzene rings is 2. The Morgan fingerprint density at radius 1 is 1.15 bits per heavy atom. The van der Waals surface area contributed by atoms with Gasteiger partial charge in [0, 0.05) is 5.69 Å². The summed E-state index contributed by atoms with van der Waals surface area (Å²) in [5.41, 5.74) is 3.13. The second kappa shape index (κ2) is 9.53. The topological polar surface area (TPSA) is 61.4 Å². The number of hydrogen-bond donors (Lipinski definition) is 2. The molecule has 2 N–H and O–H groups in total. The predicted octanol–water partition coefficient (Wildman–Crippen LogP) is 2.68. The summed E-state index contributed by atoms with van der Waals surface area (Å²) < 4.78 is 0. The zero-order chi connectivity index (χ0) is 18.5. The van der Waals surface area contributed by atoms with E-state index in [4.69, 9.17) is 0 Å². The summed E-state index contributed by atoms with van der Waals surface area (Å²) in [4.78, 5) is 27.3. The van der Waals surface area contributed by atoms with Gasteiger partial charge in [0.1, 0.15) is 6.04 Å². The average Bonchev–Trinajstić information content (AvgIpc) is 2.80. The van der Waals surface area contributed by atoms with E-state index in [9.17, 15) is 9.59 Å². The third kappa shape index (κ3) is 4.87. The van der Waals surface area contributed by atoms with Crippen LogP contribution in [0.3, 0.4) is 0 Å². The molecule has 5 nitrogen and oxygen atoms in total. The lowest BCUT2D eigenvalue weighted by Crippen LogP contribution is -2.52. The lowest BCUT2D eigenvalue weighted by molar-refractivity contribution is -0.128. The van der Waals surface area contributed by atoms with Gasteiger partial charge < -0.3 is 15.5 Å². The molecule has 6 heteroatoms. The number of amides is 2. The lowest BCUT2D eigenvalue weighted by Gasteiger charge is -2.27. The summed E-state index contributed by atoms with van der Waals surface area (Å²) in [5.74, 6) is -0.216. The molecular weight excluding hydrogens is 362 g/mol. The number of nitrogens with one attached hydrogen (secondary N) is 2.